The van der Waals surface area contributed by atoms with E-state index in [1.165, 1.54) is 16.9 Å². The van der Waals surface area contributed by atoms with E-state index in [0.29, 0.717) is 23.9 Å². The number of nitrogen functional groups attached to an aromatic ring is 1. The third kappa shape index (κ3) is 2.29. The number of hydrogen-bond donors (Lipinski definition) is 1. The molecule has 0 saturated heterocycles. The van der Waals surface area contributed by atoms with Crippen molar-refractivity contribution in [2.45, 2.75) is 13.0 Å². The highest BCUT2D eigenvalue weighted by Crippen LogP contribution is 2.33. The van der Waals surface area contributed by atoms with Crippen LogP contribution in [0.5, 0.6) is 5.75 Å². The van der Waals surface area contributed by atoms with Crippen molar-refractivity contribution in [3.8, 4) is 5.75 Å². The summed E-state index contributed by atoms with van der Waals surface area (Å²) in [4.78, 5) is 11.8. The lowest BCUT2D eigenvalue weighted by Crippen LogP contribution is -2.23. The third-order valence-corrected chi connectivity index (χ3v) is 3.25. The maximum Gasteiger partial charge on any atom is 0.269 e. The molecule has 1 aromatic heterocycles. The highest BCUT2D eigenvalue weighted by Gasteiger charge is 2.18. The summed E-state index contributed by atoms with van der Waals surface area (Å²) in [5.41, 5.74) is 7.56. The van der Waals surface area contributed by atoms with E-state index in [0.717, 1.165) is 23.3 Å². The number of nitrogens with zero attached hydrogens (tertiary/aromatic N) is 2. The van der Waals surface area contributed by atoms with Crippen LogP contribution in [0.3, 0.4) is 0 Å². The number of hydrogen-bond acceptors (Lipinski definition) is 4. The molecule has 0 bridgehead atoms. The summed E-state index contributed by atoms with van der Waals surface area (Å²) in [5, 5.41) is 4.65. The molecule has 2 heterocycles. The van der Waals surface area contributed by atoms with Gasteiger partial charge in [-0.25, -0.2) is 4.68 Å². The Bertz CT molecular complexity index is 697. The van der Waals surface area contributed by atoms with Crippen molar-refractivity contribution >= 4 is 17.3 Å². The number of benzene rings is 1. The van der Waals surface area contributed by atoms with Gasteiger partial charge in [-0.1, -0.05) is 11.6 Å². The van der Waals surface area contributed by atoms with Gasteiger partial charge in [0.25, 0.3) is 5.56 Å². The monoisotopic (exact) mass is 277 g/mol. The Morgan fingerprint density at radius 1 is 1.42 bits per heavy atom. The molecule has 5 nitrogen and oxygen atoms in total. The first-order chi connectivity index (χ1) is 9.13. The number of halogens is 1. The van der Waals surface area contributed by atoms with Crippen LogP contribution >= 0.6 is 11.6 Å². The minimum Gasteiger partial charge on any atom is -0.493 e. The molecule has 1 aliphatic rings. The Labute approximate surface area is 114 Å². The first kappa shape index (κ1) is 12.0. The van der Waals surface area contributed by atoms with Crippen LogP contribution in [-0.4, -0.2) is 16.4 Å². The Balaban J connectivity index is 2.02. The molecule has 0 radical (unpaired) electrons. The van der Waals surface area contributed by atoms with Gasteiger partial charge in [0.05, 0.1) is 25.0 Å². The fourth-order valence-corrected chi connectivity index (χ4v) is 2.45. The average Bonchev–Trinajstić information content (AvgIpc) is 2.80. The highest BCUT2D eigenvalue weighted by atomic mass is 35.5. The molecule has 0 amide bonds. The second-order valence-corrected chi connectivity index (χ2v) is 4.87. The first-order valence-electron chi connectivity index (χ1n) is 5.90. The van der Waals surface area contributed by atoms with E-state index in [4.69, 9.17) is 22.1 Å². The lowest BCUT2D eigenvalue weighted by atomic mass is 10.1. The minimum absolute atomic E-state index is 0.244. The minimum atomic E-state index is -0.244. The van der Waals surface area contributed by atoms with Crippen molar-refractivity contribution in [2.24, 2.45) is 0 Å². The van der Waals surface area contributed by atoms with E-state index in [-0.39, 0.29) is 5.56 Å². The molecule has 2 N–H and O–H groups in total. The van der Waals surface area contributed by atoms with Crippen molar-refractivity contribution in [1.29, 1.82) is 0 Å². The SMILES string of the molecule is Nc1cnn(Cc2cc(Cl)cc3c2OCC3)c(=O)c1. The molecule has 0 spiro atoms. The van der Waals surface area contributed by atoms with Gasteiger partial charge in [0.15, 0.2) is 0 Å². The van der Waals surface area contributed by atoms with Gasteiger partial charge in [0.2, 0.25) is 0 Å². The topological polar surface area (TPSA) is 70.1 Å². The molecule has 0 aliphatic carbocycles. The molecule has 0 unspecified atom stereocenters. The van der Waals surface area contributed by atoms with Crippen LogP contribution in [-0.2, 0) is 13.0 Å². The second-order valence-electron chi connectivity index (χ2n) is 4.44. The molecular weight excluding hydrogens is 266 g/mol. The van der Waals surface area contributed by atoms with Crippen molar-refractivity contribution in [1.82, 2.24) is 9.78 Å². The number of nitrogens with two attached hydrogens (primary N) is 1. The Morgan fingerprint density at radius 2 is 2.26 bits per heavy atom. The molecule has 1 aromatic carbocycles. The van der Waals surface area contributed by atoms with Crippen LogP contribution < -0.4 is 16.0 Å². The fraction of sp³-hybridized carbons (Fsp3) is 0.231. The lowest BCUT2D eigenvalue weighted by Gasteiger charge is -2.10. The normalized spacial score (nSPS) is 13.1. The smallest absolute Gasteiger partial charge is 0.269 e. The van der Waals surface area contributed by atoms with Crippen LogP contribution in [0.25, 0.3) is 0 Å². The van der Waals surface area contributed by atoms with Gasteiger partial charge < -0.3 is 10.5 Å². The van der Waals surface area contributed by atoms with Crippen molar-refractivity contribution < 1.29 is 4.74 Å². The lowest BCUT2D eigenvalue weighted by molar-refractivity contribution is 0.352. The van der Waals surface area contributed by atoms with Crippen LogP contribution in [0.15, 0.2) is 29.2 Å². The molecule has 0 saturated carbocycles. The average molecular weight is 278 g/mol. The van der Waals surface area contributed by atoms with E-state index in [1.54, 1.807) is 6.07 Å². The number of rotatable bonds is 2. The molecule has 98 valence electrons. The Kier molecular flexibility index (Phi) is 2.91. The number of anilines is 1. The zero-order chi connectivity index (χ0) is 13.4. The standard InChI is InChI=1S/C13H12ClN3O2/c14-10-3-8-1-2-19-13(8)9(4-10)7-17-12(18)5-11(15)6-16-17/h3-6H,1-2,7,15H2. The van der Waals surface area contributed by atoms with Crippen molar-refractivity contribution in [3.63, 3.8) is 0 Å². The Morgan fingerprint density at radius 3 is 3.05 bits per heavy atom. The summed E-state index contributed by atoms with van der Waals surface area (Å²) in [5.74, 6) is 0.815. The number of fused-ring (bicyclic) bond motifs is 1. The van der Waals surface area contributed by atoms with Crippen LogP contribution in [0.1, 0.15) is 11.1 Å². The summed E-state index contributed by atoms with van der Waals surface area (Å²) in [6.07, 6.45) is 2.29. The molecule has 19 heavy (non-hydrogen) atoms. The molecule has 0 fully saturated rings. The second kappa shape index (κ2) is 4.59. The van der Waals surface area contributed by atoms with Gasteiger partial charge in [-0.3, -0.25) is 4.79 Å². The highest BCUT2D eigenvalue weighted by molar-refractivity contribution is 6.30. The number of ether oxygens (including phenoxy) is 1. The molecule has 6 heteroatoms. The van der Waals surface area contributed by atoms with Crippen LogP contribution in [0, 0.1) is 0 Å². The number of aromatic nitrogens is 2. The quantitative estimate of drug-likeness (QED) is 0.902. The summed E-state index contributed by atoms with van der Waals surface area (Å²) < 4.78 is 6.93. The zero-order valence-electron chi connectivity index (χ0n) is 10.1. The summed E-state index contributed by atoms with van der Waals surface area (Å²) in [6, 6.07) is 5.04. The van der Waals surface area contributed by atoms with Gasteiger partial charge in [-0.2, -0.15) is 5.10 Å². The van der Waals surface area contributed by atoms with Gasteiger partial charge >= 0.3 is 0 Å². The maximum absolute atomic E-state index is 11.8. The molecule has 2 aromatic rings. The molecule has 1 aliphatic heterocycles. The predicted molar refractivity (Wildman–Crippen MR) is 72.7 cm³/mol. The molecule has 0 atom stereocenters. The van der Waals surface area contributed by atoms with E-state index in [1.807, 2.05) is 6.07 Å². The fourth-order valence-electron chi connectivity index (χ4n) is 2.19. The third-order valence-electron chi connectivity index (χ3n) is 3.04. The molecular formula is C13H12ClN3O2. The molecule has 3 rings (SSSR count). The van der Waals surface area contributed by atoms with Crippen LogP contribution in [0.4, 0.5) is 5.69 Å². The summed E-state index contributed by atoms with van der Waals surface area (Å²) >= 11 is 6.08. The first-order valence-corrected chi connectivity index (χ1v) is 6.28. The Hall–Kier alpha value is -2.01. The van der Waals surface area contributed by atoms with Gasteiger partial charge in [-0.15, -0.1) is 0 Å². The van der Waals surface area contributed by atoms with E-state index >= 15 is 0 Å². The van der Waals surface area contributed by atoms with E-state index in [2.05, 4.69) is 5.10 Å². The van der Waals surface area contributed by atoms with E-state index < -0.39 is 0 Å². The van der Waals surface area contributed by atoms with E-state index in [9.17, 15) is 4.79 Å². The summed E-state index contributed by atoms with van der Waals surface area (Å²) in [6.45, 7) is 0.967. The van der Waals surface area contributed by atoms with Gasteiger partial charge in [-0.05, 0) is 17.7 Å². The maximum atomic E-state index is 11.8. The summed E-state index contributed by atoms with van der Waals surface area (Å²) in [7, 11) is 0. The van der Waals surface area contributed by atoms with Crippen LogP contribution in [0.2, 0.25) is 5.02 Å². The zero-order valence-corrected chi connectivity index (χ0v) is 10.9. The van der Waals surface area contributed by atoms with Crippen molar-refractivity contribution in [3.05, 3.63) is 50.9 Å². The largest absolute Gasteiger partial charge is 0.493 e. The van der Waals surface area contributed by atoms with Gasteiger partial charge in [0, 0.05) is 23.1 Å². The van der Waals surface area contributed by atoms with Gasteiger partial charge in [0.1, 0.15) is 5.75 Å². The van der Waals surface area contributed by atoms with Crippen molar-refractivity contribution in [2.75, 3.05) is 12.3 Å². The predicted octanol–water partition coefficient (Wildman–Crippen LogP) is 1.46.